The molecule has 0 amide bonds. The van der Waals surface area contributed by atoms with Gasteiger partial charge in [0, 0.05) is 13.1 Å². The van der Waals surface area contributed by atoms with Crippen LogP contribution in [0.25, 0.3) is 0 Å². The maximum absolute atomic E-state index is 10.1. The summed E-state index contributed by atoms with van der Waals surface area (Å²) in [4.78, 5) is 0. The molecule has 0 radical (unpaired) electrons. The first-order valence-corrected chi connectivity index (χ1v) is 7.00. The molecule has 0 fully saturated rings. The molecule has 2 N–H and O–H groups in total. The van der Waals surface area contributed by atoms with Crippen molar-refractivity contribution in [3.8, 4) is 11.5 Å². The number of nitrogens with one attached hydrogen (secondary N) is 1. The van der Waals surface area contributed by atoms with E-state index in [9.17, 15) is 5.11 Å². The van der Waals surface area contributed by atoms with Crippen molar-refractivity contribution >= 4 is 0 Å². The molecule has 0 spiro atoms. The third-order valence-electron chi connectivity index (χ3n) is 3.11. The lowest BCUT2D eigenvalue weighted by molar-refractivity contribution is 0.171. The Morgan fingerprint density at radius 3 is 2.57 bits per heavy atom. The standard InChI is InChI=1S/C17H21NO3/c1-20-16-9-5-6-14(12-16)17(19)13-18-10-11-21-15-7-3-2-4-8-15/h2-9,12,17-19H,10-11,13H2,1H3. The summed E-state index contributed by atoms with van der Waals surface area (Å²) < 4.78 is 10.7. The molecule has 2 rings (SSSR count). The van der Waals surface area contributed by atoms with Crippen molar-refractivity contribution in [3.05, 3.63) is 60.2 Å². The van der Waals surface area contributed by atoms with Crippen LogP contribution in [0, 0.1) is 0 Å². The zero-order valence-electron chi connectivity index (χ0n) is 12.2. The lowest BCUT2D eigenvalue weighted by Crippen LogP contribution is -2.26. The van der Waals surface area contributed by atoms with E-state index in [2.05, 4.69) is 5.32 Å². The van der Waals surface area contributed by atoms with Gasteiger partial charge in [-0.25, -0.2) is 0 Å². The maximum atomic E-state index is 10.1. The maximum Gasteiger partial charge on any atom is 0.119 e. The molecule has 0 saturated carbocycles. The summed E-state index contributed by atoms with van der Waals surface area (Å²) in [5, 5.41) is 13.3. The summed E-state index contributed by atoms with van der Waals surface area (Å²) in [7, 11) is 1.62. The Morgan fingerprint density at radius 1 is 1.05 bits per heavy atom. The first kappa shape index (κ1) is 15.4. The average molecular weight is 287 g/mol. The Labute approximate surface area is 125 Å². The lowest BCUT2D eigenvalue weighted by atomic mass is 10.1. The molecule has 112 valence electrons. The largest absolute Gasteiger partial charge is 0.497 e. The molecular formula is C17H21NO3. The molecule has 1 atom stereocenters. The summed E-state index contributed by atoms with van der Waals surface area (Å²) in [6.07, 6.45) is -0.558. The Morgan fingerprint density at radius 2 is 1.81 bits per heavy atom. The molecule has 21 heavy (non-hydrogen) atoms. The van der Waals surface area contributed by atoms with Gasteiger partial charge in [0.05, 0.1) is 13.2 Å². The molecule has 0 aliphatic rings. The van der Waals surface area contributed by atoms with Crippen LogP contribution in [0.3, 0.4) is 0 Å². The van der Waals surface area contributed by atoms with E-state index in [1.54, 1.807) is 7.11 Å². The molecule has 0 bridgehead atoms. The topological polar surface area (TPSA) is 50.7 Å². The van der Waals surface area contributed by atoms with Crippen LogP contribution in [0.2, 0.25) is 0 Å². The van der Waals surface area contributed by atoms with Gasteiger partial charge < -0.3 is 19.9 Å². The van der Waals surface area contributed by atoms with Gasteiger partial charge in [-0.1, -0.05) is 30.3 Å². The third kappa shape index (κ3) is 5.10. The number of methoxy groups -OCH3 is 1. The fraction of sp³-hybridized carbons (Fsp3) is 0.294. The zero-order chi connectivity index (χ0) is 14.9. The number of rotatable bonds is 8. The Hall–Kier alpha value is -2.04. The number of para-hydroxylation sites is 1. The SMILES string of the molecule is COc1cccc(C(O)CNCCOc2ccccc2)c1. The Balaban J connectivity index is 1.68. The minimum absolute atomic E-state index is 0.477. The van der Waals surface area contributed by atoms with Gasteiger partial charge in [-0.3, -0.25) is 0 Å². The minimum Gasteiger partial charge on any atom is -0.497 e. The van der Waals surface area contributed by atoms with Crippen LogP contribution in [0.5, 0.6) is 11.5 Å². The van der Waals surface area contributed by atoms with Crippen LogP contribution in [-0.2, 0) is 0 Å². The number of benzene rings is 2. The number of aliphatic hydroxyl groups is 1. The van der Waals surface area contributed by atoms with Crippen LogP contribution in [0.1, 0.15) is 11.7 Å². The van der Waals surface area contributed by atoms with Gasteiger partial charge in [0.1, 0.15) is 18.1 Å². The second-order valence-corrected chi connectivity index (χ2v) is 4.66. The second kappa shape index (κ2) is 8.29. The van der Waals surface area contributed by atoms with Gasteiger partial charge in [-0.05, 0) is 29.8 Å². The molecule has 4 nitrogen and oxygen atoms in total. The number of hydrogen-bond donors (Lipinski definition) is 2. The first-order valence-electron chi connectivity index (χ1n) is 7.00. The zero-order valence-corrected chi connectivity index (χ0v) is 12.2. The predicted molar refractivity (Wildman–Crippen MR) is 82.8 cm³/mol. The van der Waals surface area contributed by atoms with Crippen molar-refractivity contribution in [1.29, 1.82) is 0 Å². The molecule has 2 aromatic carbocycles. The highest BCUT2D eigenvalue weighted by molar-refractivity contribution is 5.29. The first-order chi connectivity index (χ1) is 10.3. The Bertz CT molecular complexity index is 531. The highest BCUT2D eigenvalue weighted by Crippen LogP contribution is 2.18. The summed E-state index contributed by atoms with van der Waals surface area (Å²) in [6, 6.07) is 17.1. The fourth-order valence-electron chi connectivity index (χ4n) is 1.96. The van der Waals surface area contributed by atoms with Crippen LogP contribution >= 0.6 is 0 Å². The van der Waals surface area contributed by atoms with Crippen molar-refractivity contribution in [3.63, 3.8) is 0 Å². The molecule has 0 heterocycles. The van der Waals surface area contributed by atoms with Crippen LogP contribution in [0.4, 0.5) is 0 Å². The van der Waals surface area contributed by atoms with E-state index in [4.69, 9.17) is 9.47 Å². The highest BCUT2D eigenvalue weighted by Gasteiger charge is 2.07. The monoisotopic (exact) mass is 287 g/mol. The van der Waals surface area contributed by atoms with Gasteiger partial charge in [-0.15, -0.1) is 0 Å². The van der Waals surface area contributed by atoms with E-state index in [0.29, 0.717) is 19.7 Å². The second-order valence-electron chi connectivity index (χ2n) is 4.66. The normalized spacial score (nSPS) is 11.9. The molecule has 0 aromatic heterocycles. The molecule has 0 aliphatic heterocycles. The molecule has 4 heteroatoms. The fourth-order valence-corrected chi connectivity index (χ4v) is 1.96. The molecule has 1 unspecified atom stereocenters. The minimum atomic E-state index is -0.558. The van der Waals surface area contributed by atoms with Crippen molar-refractivity contribution in [2.75, 3.05) is 26.8 Å². The molecular weight excluding hydrogens is 266 g/mol. The number of hydrogen-bond acceptors (Lipinski definition) is 4. The van der Waals surface area contributed by atoms with Crippen molar-refractivity contribution in [2.45, 2.75) is 6.10 Å². The smallest absolute Gasteiger partial charge is 0.119 e. The molecule has 2 aromatic rings. The van der Waals surface area contributed by atoms with E-state index in [0.717, 1.165) is 17.1 Å². The van der Waals surface area contributed by atoms with Crippen LogP contribution in [-0.4, -0.2) is 31.9 Å². The van der Waals surface area contributed by atoms with Gasteiger partial charge in [0.15, 0.2) is 0 Å². The third-order valence-corrected chi connectivity index (χ3v) is 3.11. The van der Waals surface area contributed by atoms with E-state index in [-0.39, 0.29) is 0 Å². The van der Waals surface area contributed by atoms with Gasteiger partial charge in [0.25, 0.3) is 0 Å². The van der Waals surface area contributed by atoms with E-state index < -0.39 is 6.10 Å². The molecule has 0 aliphatic carbocycles. The van der Waals surface area contributed by atoms with Crippen molar-refractivity contribution in [2.24, 2.45) is 0 Å². The summed E-state index contributed by atoms with van der Waals surface area (Å²) in [5.74, 6) is 1.60. The summed E-state index contributed by atoms with van der Waals surface area (Å²) in [5.41, 5.74) is 0.839. The van der Waals surface area contributed by atoms with Crippen LogP contribution in [0.15, 0.2) is 54.6 Å². The van der Waals surface area contributed by atoms with E-state index >= 15 is 0 Å². The van der Waals surface area contributed by atoms with Gasteiger partial charge in [0.2, 0.25) is 0 Å². The average Bonchev–Trinajstić information content (AvgIpc) is 2.55. The van der Waals surface area contributed by atoms with Gasteiger partial charge >= 0.3 is 0 Å². The van der Waals surface area contributed by atoms with Crippen molar-refractivity contribution in [1.82, 2.24) is 5.32 Å². The van der Waals surface area contributed by atoms with Crippen molar-refractivity contribution < 1.29 is 14.6 Å². The lowest BCUT2D eigenvalue weighted by Gasteiger charge is -2.13. The van der Waals surface area contributed by atoms with Gasteiger partial charge in [-0.2, -0.15) is 0 Å². The van der Waals surface area contributed by atoms with E-state index in [1.807, 2.05) is 54.6 Å². The molecule has 0 saturated heterocycles. The quantitative estimate of drug-likeness (QED) is 0.732. The number of aliphatic hydroxyl groups excluding tert-OH is 1. The predicted octanol–water partition coefficient (Wildman–Crippen LogP) is 2.40. The summed E-state index contributed by atoms with van der Waals surface area (Å²) in [6.45, 7) is 1.72. The van der Waals surface area contributed by atoms with E-state index in [1.165, 1.54) is 0 Å². The summed E-state index contributed by atoms with van der Waals surface area (Å²) >= 11 is 0. The highest BCUT2D eigenvalue weighted by atomic mass is 16.5. The number of ether oxygens (including phenoxy) is 2. The van der Waals surface area contributed by atoms with Crippen LogP contribution < -0.4 is 14.8 Å². The Kier molecular flexibility index (Phi) is 6.06.